The lowest BCUT2D eigenvalue weighted by atomic mass is 10.1. The van der Waals surface area contributed by atoms with Crippen LogP contribution in [-0.2, 0) is 21.9 Å². The molecule has 1 aromatic rings. The molecule has 0 aliphatic carbocycles. The Hall–Kier alpha value is -2.46. The highest BCUT2D eigenvalue weighted by molar-refractivity contribution is 5.80. The SMILES string of the molecule is O=C(COc1cc(C(F)(F)F)cc(C(F)(F)F)c1)NCCC(=O)N1CCCC1. The van der Waals surface area contributed by atoms with E-state index in [1.165, 1.54) is 0 Å². The molecule has 0 saturated carbocycles. The van der Waals surface area contributed by atoms with Crippen LogP contribution in [0, 0.1) is 0 Å². The zero-order valence-corrected chi connectivity index (χ0v) is 14.6. The predicted octanol–water partition coefficient (Wildman–Crippen LogP) is 3.23. The first-order valence-electron chi connectivity index (χ1n) is 8.43. The Morgan fingerprint density at radius 1 is 0.964 bits per heavy atom. The lowest BCUT2D eigenvalue weighted by molar-refractivity contribution is -0.143. The lowest BCUT2D eigenvalue weighted by Crippen LogP contribution is -2.34. The molecule has 2 amide bonds. The summed E-state index contributed by atoms with van der Waals surface area (Å²) in [6.45, 7) is 0.532. The van der Waals surface area contributed by atoms with Gasteiger partial charge in [0, 0.05) is 26.1 Å². The number of nitrogens with one attached hydrogen (secondary N) is 1. The molecule has 0 aromatic heterocycles. The van der Waals surface area contributed by atoms with E-state index in [4.69, 9.17) is 4.74 Å². The number of halogens is 6. The maximum Gasteiger partial charge on any atom is 0.416 e. The average molecular weight is 412 g/mol. The van der Waals surface area contributed by atoms with E-state index in [0.29, 0.717) is 25.2 Å². The van der Waals surface area contributed by atoms with E-state index in [9.17, 15) is 35.9 Å². The van der Waals surface area contributed by atoms with Crippen LogP contribution in [0.2, 0.25) is 0 Å². The molecule has 1 heterocycles. The Bertz CT molecular complexity index is 680. The van der Waals surface area contributed by atoms with Crippen LogP contribution < -0.4 is 10.1 Å². The smallest absolute Gasteiger partial charge is 0.416 e. The minimum atomic E-state index is -5.00. The highest BCUT2D eigenvalue weighted by Gasteiger charge is 2.37. The quantitative estimate of drug-likeness (QED) is 0.730. The fraction of sp³-hybridized carbons (Fsp3) is 0.529. The first-order chi connectivity index (χ1) is 13.0. The third-order valence-electron chi connectivity index (χ3n) is 4.05. The fourth-order valence-corrected chi connectivity index (χ4v) is 2.64. The van der Waals surface area contributed by atoms with Gasteiger partial charge in [-0.3, -0.25) is 9.59 Å². The summed E-state index contributed by atoms with van der Waals surface area (Å²) in [6, 6.07) is 0.746. The Labute approximate surface area is 156 Å². The molecule has 5 nitrogen and oxygen atoms in total. The number of alkyl halides is 6. The number of rotatable bonds is 6. The highest BCUT2D eigenvalue weighted by Crippen LogP contribution is 2.38. The molecular weight excluding hydrogens is 394 g/mol. The van der Waals surface area contributed by atoms with Gasteiger partial charge >= 0.3 is 12.4 Å². The Morgan fingerprint density at radius 2 is 1.50 bits per heavy atom. The highest BCUT2D eigenvalue weighted by atomic mass is 19.4. The summed E-state index contributed by atoms with van der Waals surface area (Å²) >= 11 is 0. The molecule has 1 saturated heterocycles. The molecule has 0 radical (unpaired) electrons. The zero-order chi connectivity index (χ0) is 20.9. The number of hydrogen-bond acceptors (Lipinski definition) is 3. The van der Waals surface area contributed by atoms with Gasteiger partial charge in [-0.25, -0.2) is 0 Å². The van der Waals surface area contributed by atoms with Crippen molar-refractivity contribution >= 4 is 11.8 Å². The van der Waals surface area contributed by atoms with Gasteiger partial charge in [0.1, 0.15) is 5.75 Å². The van der Waals surface area contributed by atoms with E-state index in [0.717, 1.165) is 12.8 Å². The monoisotopic (exact) mass is 412 g/mol. The van der Waals surface area contributed by atoms with Crippen LogP contribution in [0.15, 0.2) is 18.2 Å². The second-order valence-corrected chi connectivity index (χ2v) is 6.22. The zero-order valence-electron chi connectivity index (χ0n) is 14.6. The van der Waals surface area contributed by atoms with E-state index >= 15 is 0 Å². The van der Waals surface area contributed by atoms with Crippen molar-refractivity contribution in [3.8, 4) is 5.75 Å². The normalized spacial score (nSPS) is 14.9. The second-order valence-electron chi connectivity index (χ2n) is 6.22. The first kappa shape index (κ1) is 21.8. The number of benzene rings is 1. The van der Waals surface area contributed by atoms with Crippen LogP contribution in [0.25, 0.3) is 0 Å². The van der Waals surface area contributed by atoms with Crippen molar-refractivity contribution in [2.75, 3.05) is 26.2 Å². The summed E-state index contributed by atoms with van der Waals surface area (Å²) < 4.78 is 81.4. The summed E-state index contributed by atoms with van der Waals surface area (Å²) in [5.41, 5.74) is -3.07. The molecule has 156 valence electrons. The first-order valence-corrected chi connectivity index (χ1v) is 8.43. The minimum Gasteiger partial charge on any atom is -0.484 e. The van der Waals surface area contributed by atoms with Gasteiger partial charge in [-0.15, -0.1) is 0 Å². The van der Waals surface area contributed by atoms with Crippen LogP contribution in [-0.4, -0.2) is 43.0 Å². The summed E-state index contributed by atoms with van der Waals surface area (Å²) in [5.74, 6) is -1.63. The van der Waals surface area contributed by atoms with Crippen molar-refractivity contribution in [3.63, 3.8) is 0 Å². The second kappa shape index (κ2) is 8.70. The molecular formula is C17H18F6N2O3. The molecule has 0 bridgehead atoms. The number of hydrogen-bond donors (Lipinski definition) is 1. The molecule has 1 aliphatic rings. The topological polar surface area (TPSA) is 58.6 Å². The number of likely N-dealkylation sites (tertiary alicyclic amines) is 1. The lowest BCUT2D eigenvalue weighted by Gasteiger charge is -2.16. The van der Waals surface area contributed by atoms with Gasteiger partial charge in [0.25, 0.3) is 5.91 Å². The molecule has 1 N–H and O–H groups in total. The molecule has 1 fully saturated rings. The number of carbonyl (C=O) groups is 2. The largest absolute Gasteiger partial charge is 0.484 e. The van der Waals surface area contributed by atoms with Crippen LogP contribution in [0.3, 0.4) is 0 Å². The summed E-state index contributed by atoms with van der Waals surface area (Å²) in [7, 11) is 0. The molecule has 1 aliphatic heterocycles. The number of ether oxygens (including phenoxy) is 1. The van der Waals surface area contributed by atoms with Crippen molar-refractivity contribution in [2.45, 2.75) is 31.6 Å². The number of amides is 2. The average Bonchev–Trinajstić information content (AvgIpc) is 3.13. The third kappa shape index (κ3) is 6.31. The molecule has 2 rings (SSSR count). The van der Waals surface area contributed by atoms with Crippen molar-refractivity contribution in [2.24, 2.45) is 0 Å². The maximum atomic E-state index is 12.8. The van der Waals surface area contributed by atoms with Crippen molar-refractivity contribution in [3.05, 3.63) is 29.3 Å². The summed E-state index contributed by atoms with van der Waals surface area (Å²) in [6.07, 6.45) is -8.12. The molecule has 0 atom stereocenters. The number of nitrogens with zero attached hydrogens (tertiary/aromatic N) is 1. The van der Waals surface area contributed by atoms with E-state index in [-0.39, 0.29) is 24.9 Å². The van der Waals surface area contributed by atoms with Crippen LogP contribution in [0.5, 0.6) is 5.75 Å². The van der Waals surface area contributed by atoms with Gasteiger partial charge in [-0.05, 0) is 31.0 Å². The van der Waals surface area contributed by atoms with Crippen molar-refractivity contribution < 1.29 is 40.7 Å². The van der Waals surface area contributed by atoms with Crippen LogP contribution in [0.1, 0.15) is 30.4 Å². The van der Waals surface area contributed by atoms with E-state index in [1.807, 2.05) is 0 Å². The van der Waals surface area contributed by atoms with Crippen LogP contribution >= 0.6 is 0 Å². The van der Waals surface area contributed by atoms with E-state index in [1.54, 1.807) is 4.90 Å². The van der Waals surface area contributed by atoms with Gasteiger partial charge in [0.05, 0.1) is 11.1 Å². The minimum absolute atomic E-state index is 0.00603. The predicted molar refractivity (Wildman–Crippen MR) is 85.4 cm³/mol. The Morgan fingerprint density at radius 3 is 2.00 bits per heavy atom. The van der Waals surface area contributed by atoms with Gasteiger partial charge in [0.15, 0.2) is 6.61 Å². The molecule has 11 heteroatoms. The van der Waals surface area contributed by atoms with E-state index < -0.39 is 41.7 Å². The van der Waals surface area contributed by atoms with Gasteiger partial charge in [-0.1, -0.05) is 0 Å². The van der Waals surface area contributed by atoms with Gasteiger partial charge < -0.3 is 15.0 Å². The Kier molecular flexibility index (Phi) is 6.78. The van der Waals surface area contributed by atoms with Crippen molar-refractivity contribution in [1.82, 2.24) is 10.2 Å². The maximum absolute atomic E-state index is 12.8. The molecule has 0 spiro atoms. The third-order valence-corrected chi connectivity index (χ3v) is 4.05. The summed E-state index contributed by atoms with van der Waals surface area (Å²) in [4.78, 5) is 25.1. The molecule has 0 unspecified atom stereocenters. The fourth-order valence-electron chi connectivity index (χ4n) is 2.64. The van der Waals surface area contributed by atoms with Gasteiger partial charge in [0.2, 0.25) is 5.91 Å². The summed E-state index contributed by atoms with van der Waals surface area (Å²) in [5, 5.41) is 2.34. The van der Waals surface area contributed by atoms with Crippen LogP contribution in [0.4, 0.5) is 26.3 Å². The standard InChI is InChI=1S/C17H18F6N2O3/c18-16(19,20)11-7-12(17(21,22)23)9-13(8-11)28-10-14(26)24-4-3-15(27)25-5-1-2-6-25/h7-9H,1-6,10H2,(H,24,26). The van der Waals surface area contributed by atoms with E-state index in [2.05, 4.69) is 5.32 Å². The Balaban J connectivity index is 1.90. The van der Waals surface area contributed by atoms with Crippen molar-refractivity contribution in [1.29, 1.82) is 0 Å². The van der Waals surface area contributed by atoms with Gasteiger partial charge in [-0.2, -0.15) is 26.3 Å². The molecule has 1 aromatic carbocycles. The molecule has 28 heavy (non-hydrogen) atoms. The number of carbonyl (C=O) groups excluding carboxylic acids is 2.